The second kappa shape index (κ2) is 7.76. The van der Waals surface area contributed by atoms with Gasteiger partial charge in [-0.1, -0.05) is 18.2 Å². The third-order valence-electron chi connectivity index (χ3n) is 3.25. The highest BCUT2D eigenvalue weighted by atomic mass is 16.1. The van der Waals surface area contributed by atoms with Crippen molar-refractivity contribution < 1.29 is 9.59 Å². The monoisotopic (exact) mass is 307 g/mol. The average Bonchev–Trinajstić information content (AvgIpc) is 2.55. The second-order valence-corrected chi connectivity index (χ2v) is 5.02. The zero-order valence-electron chi connectivity index (χ0n) is 12.8. The van der Waals surface area contributed by atoms with E-state index >= 15 is 0 Å². The third kappa shape index (κ3) is 4.68. The molecule has 2 N–H and O–H groups in total. The van der Waals surface area contributed by atoms with Crippen molar-refractivity contribution in [1.29, 1.82) is 5.26 Å². The first-order chi connectivity index (χ1) is 11.1. The lowest BCUT2D eigenvalue weighted by atomic mass is 10.1. The standard InChI is InChI=1S/C18H17N3O2/c1-13(22)16-8-7-14(12-19)11-17(16)20-10-9-18(23)21-15-5-3-2-4-6-15/h2-8,11,20H,9-10H2,1H3,(H,21,23). The molecule has 23 heavy (non-hydrogen) atoms. The van der Waals surface area contributed by atoms with Gasteiger partial charge in [-0.3, -0.25) is 9.59 Å². The Morgan fingerprint density at radius 1 is 1.13 bits per heavy atom. The van der Waals surface area contributed by atoms with E-state index in [-0.39, 0.29) is 18.1 Å². The number of Topliss-reactive ketones (excluding diaryl/α,β-unsaturated/α-hetero) is 1. The van der Waals surface area contributed by atoms with Gasteiger partial charge in [-0.05, 0) is 37.3 Å². The molecule has 5 nitrogen and oxygen atoms in total. The second-order valence-electron chi connectivity index (χ2n) is 5.02. The normalized spacial score (nSPS) is 9.74. The van der Waals surface area contributed by atoms with Crippen molar-refractivity contribution in [2.45, 2.75) is 13.3 Å². The van der Waals surface area contributed by atoms with E-state index in [1.165, 1.54) is 6.92 Å². The SMILES string of the molecule is CC(=O)c1ccc(C#N)cc1NCCC(=O)Nc1ccccc1. The fourth-order valence-electron chi connectivity index (χ4n) is 2.12. The molecule has 0 saturated heterocycles. The molecule has 5 heteroatoms. The molecule has 0 atom stereocenters. The van der Waals surface area contributed by atoms with Gasteiger partial charge in [0.25, 0.3) is 0 Å². The number of rotatable bonds is 6. The van der Waals surface area contributed by atoms with Gasteiger partial charge in [-0.15, -0.1) is 0 Å². The minimum absolute atomic E-state index is 0.0919. The molecule has 0 unspecified atom stereocenters. The van der Waals surface area contributed by atoms with Crippen LogP contribution in [-0.4, -0.2) is 18.2 Å². The van der Waals surface area contributed by atoms with Crippen molar-refractivity contribution in [3.63, 3.8) is 0 Å². The number of hydrogen-bond acceptors (Lipinski definition) is 4. The summed E-state index contributed by atoms with van der Waals surface area (Å²) in [5, 5.41) is 14.8. The largest absolute Gasteiger partial charge is 0.384 e. The maximum atomic E-state index is 11.9. The average molecular weight is 307 g/mol. The molecule has 0 radical (unpaired) electrons. The highest BCUT2D eigenvalue weighted by molar-refractivity contribution is 6.00. The van der Waals surface area contributed by atoms with Crippen molar-refractivity contribution in [3.05, 3.63) is 59.7 Å². The first-order valence-corrected chi connectivity index (χ1v) is 7.24. The summed E-state index contributed by atoms with van der Waals surface area (Å²) >= 11 is 0. The number of hydrogen-bond donors (Lipinski definition) is 2. The van der Waals surface area contributed by atoms with Crippen molar-refractivity contribution in [1.82, 2.24) is 0 Å². The smallest absolute Gasteiger partial charge is 0.226 e. The Labute approximate surface area is 134 Å². The quantitative estimate of drug-likeness (QED) is 0.803. The van der Waals surface area contributed by atoms with Gasteiger partial charge < -0.3 is 10.6 Å². The van der Waals surface area contributed by atoms with Crippen LogP contribution in [0.1, 0.15) is 29.3 Å². The summed E-state index contributed by atoms with van der Waals surface area (Å²) in [5.41, 5.74) is 2.29. The zero-order chi connectivity index (χ0) is 16.7. The molecular formula is C18H17N3O2. The summed E-state index contributed by atoms with van der Waals surface area (Å²) in [4.78, 5) is 23.5. The van der Waals surface area contributed by atoms with Crippen molar-refractivity contribution in [2.75, 3.05) is 17.2 Å². The summed E-state index contributed by atoms with van der Waals surface area (Å²) in [7, 11) is 0. The van der Waals surface area contributed by atoms with Crippen LogP contribution in [0.3, 0.4) is 0 Å². The summed E-state index contributed by atoms with van der Waals surface area (Å²) in [6.45, 7) is 1.84. The number of nitrogens with zero attached hydrogens (tertiary/aromatic N) is 1. The topological polar surface area (TPSA) is 82.0 Å². The molecule has 2 aromatic rings. The van der Waals surface area contributed by atoms with Gasteiger partial charge in [0.05, 0.1) is 11.6 Å². The van der Waals surface area contributed by atoms with Gasteiger partial charge in [0.15, 0.2) is 5.78 Å². The van der Waals surface area contributed by atoms with Gasteiger partial charge in [0.1, 0.15) is 0 Å². The van der Waals surface area contributed by atoms with E-state index in [1.54, 1.807) is 18.2 Å². The number of amides is 1. The molecule has 0 bridgehead atoms. The third-order valence-corrected chi connectivity index (χ3v) is 3.25. The molecular weight excluding hydrogens is 290 g/mol. The number of ketones is 1. The first-order valence-electron chi connectivity index (χ1n) is 7.24. The molecule has 0 aromatic heterocycles. The van der Waals surface area contributed by atoms with Crippen LogP contribution in [0.15, 0.2) is 48.5 Å². The van der Waals surface area contributed by atoms with Crippen LogP contribution in [0.25, 0.3) is 0 Å². The number of nitrogens with one attached hydrogen (secondary N) is 2. The number of carbonyl (C=O) groups is 2. The van der Waals surface area contributed by atoms with Crippen LogP contribution in [0, 0.1) is 11.3 Å². The Morgan fingerprint density at radius 3 is 2.52 bits per heavy atom. The van der Waals surface area contributed by atoms with Crippen molar-refractivity contribution in [2.24, 2.45) is 0 Å². The fourth-order valence-corrected chi connectivity index (χ4v) is 2.12. The van der Waals surface area contributed by atoms with Crippen molar-refractivity contribution >= 4 is 23.1 Å². The highest BCUT2D eigenvalue weighted by Gasteiger charge is 2.09. The van der Waals surface area contributed by atoms with Crippen LogP contribution < -0.4 is 10.6 Å². The number of nitriles is 1. The number of anilines is 2. The minimum Gasteiger partial charge on any atom is -0.384 e. The van der Waals surface area contributed by atoms with Crippen LogP contribution >= 0.6 is 0 Å². The van der Waals surface area contributed by atoms with Crippen LogP contribution in [0.2, 0.25) is 0 Å². The number of benzene rings is 2. The molecule has 116 valence electrons. The van der Waals surface area contributed by atoms with Crippen molar-refractivity contribution in [3.8, 4) is 6.07 Å². The Bertz CT molecular complexity index is 749. The molecule has 0 aliphatic carbocycles. The lowest BCUT2D eigenvalue weighted by Crippen LogP contribution is -2.17. The molecule has 0 saturated carbocycles. The summed E-state index contributed by atoms with van der Waals surface area (Å²) < 4.78 is 0. The molecule has 0 fully saturated rings. The van der Waals surface area contributed by atoms with Gasteiger partial charge in [0, 0.05) is 29.9 Å². The van der Waals surface area contributed by atoms with Crippen LogP contribution in [0.5, 0.6) is 0 Å². The maximum absolute atomic E-state index is 11.9. The van der Waals surface area contributed by atoms with Gasteiger partial charge >= 0.3 is 0 Å². The Balaban J connectivity index is 1.94. The molecule has 0 heterocycles. The maximum Gasteiger partial charge on any atom is 0.226 e. The summed E-state index contributed by atoms with van der Waals surface area (Å²) in [6.07, 6.45) is 0.253. The molecule has 2 rings (SSSR count). The zero-order valence-corrected chi connectivity index (χ0v) is 12.8. The van der Waals surface area contributed by atoms with E-state index in [0.717, 1.165) is 5.69 Å². The van der Waals surface area contributed by atoms with Crippen LogP contribution in [-0.2, 0) is 4.79 Å². The Morgan fingerprint density at radius 2 is 1.87 bits per heavy atom. The van der Waals surface area contributed by atoms with Gasteiger partial charge in [0.2, 0.25) is 5.91 Å². The predicted molar refractivity (Wildman–Crippen MR) is 89.3 cm³/mol. The Kier molecular flexibility index (Phi) is 5.48. The Hall–Kier alpha value is -3.13. The molecule has 2 aromatic carbocycles. The van der Waals surface area contributed by atoms with E-state index in [4.69, 9.17) is 5.26 Å². The van der Waals surface area contributed by atoms with Gasteiger partial charge in [-0.2, -0.15) is 5.26 Å². The highest BCUT2D eigenvalue weighted by Crippen LogP contribution is 2.18. The fraction of sp³-hybridized carbons (Fsp3) is 0.167. The molecule has 1 amide bonds. The number of para-hydroxylation sites is 1. The number of carbonyl (C=O) groups excluding carboxylic acids is 2. The predicted octanol–water partition coefficient (Wildman–Crippen LogP) is 3.20. The molecule has 0 aliphatic heterocycles. The molecule has 0 aliphatic rings. The van der Waals surface area contributed by atoms with E-state index in [2.05, 4.69) is 10.6 Å². The van der Waals surface area contributed by atoms with E-state index < -0.39 is 0 Å². The summed E-state index contributed by atoms with van der Waals surface area (Å²) in [5.74, 6) is -0.213. The lowest BCUT2D eigenvalue weighted by molar-refractivity contribution is -0.115. The van der Waals surface area contributed by atoms with E-state index in [0.29, 0.717) is 23.4 Å². The van der Waals surface area contributed by atoms with Gasteiger partial charge in [-0.25, -0.2) is 0 Å². The van der Waals surface area contributed by atoms with E-state index in [1.807, 2.05) is 36.4 Å². The lowest BCUT2D eigenvalue weighted by Gasteiger charge is -2.11. The van der Waals surface area contributed by atoms with E-state index in [9.17, 15) is 9.59 Å². The summed E-state index contributed by atoms with van der Waals surface area (Å²) in [6, 6.07) is 16.1. The minimum atomic E-state index is -0.121. The van der Waals surface area contributed by atoms with Crippen LogP contribution in [0.4, 0.5) is 11.4 Å². The molecule has 0 spiro atoms. The first kappa shape index (κ1) is 16.2.